The number of fused-ring (bicyclic) bond motifs is 4. The summed E-state index contributed by atoms with van der Waals surface area (Å²) in [6, 6.07) is 25.9. The quantitative estimate of drug-likeness (QED) is 0.252. The molecule has 5 aromatic rings. The molecule has 0 aliphatic rings. The van der Waals surface area contributed by atoms with Crippen molar-refractivity contribution in [1.82, 2.24) is 0 Å². The van der Waals surface area contributed by atoms with Gasteiger partial charge in [-0.3, -0.25) is 0 Å². The SMILES string of the molecule is Cc1ccc2ccc(-c3ccc4c(oc5ccccc54)c3I)cc2c1. The summed E-state index contributed by atoms with van der Waals surface area (Å²) in [6.07, 6.45) is 0. The van der Waals surface area contributed by atoms with E-state index in [4.69, 9.17) is 4.42 Å². The molecular formula is C23H15IO. The Morgan fingerprint density at radius 1 is 0.760 bits per heavy atom. The molecular weight excluding hydrogens is 419 g/mol. The van der Waals surface area contributed by atoms with Crippen molar-refractivity contribution < 1.29 is 4.42 Å². The molecule has 0 bridgehead atoms. The first kappa shape index (κ1) is 15.0. The molecule has 4 aromatic carbocycles. The molecule has 0 unspecified atom stereocenters. The Bertz CT molecular complexity index is 1260. The molecule has 0 fully saturated rings. The summed E-state index contributed by atoms with van der Waals surface area (Å²) in [6.45, 7) is 2.14. The van der Waals surface area contributed by atoms with E-state index >= 15 is 0 Å². The Hall–Kier alpha value is -2.33. The highest BCUT2D eigenvalue weighted by Gasteiger charge is 2.14. The fourth-order valence-corrected chi connectivity index (χ4v) is 4.40. The second-order valence-electron chi connectivity index (χ2n) is 6.47. The molecule has 0 spiro atoms. The highest BCUT2D eigenvalue weighted by Crippen LogP contribution is 2.37. The Morgan fingerprint density at radius 2 is 1.60 bits per heavy atom. The highest BCUT2D eigenvalue weighted by atomic mass is 127. The molecule has 1 heterocycles. The lowest BCUT2D eigenvalue weighted by molar-refractivity contribution is 0.667. The van der Waals surface area contributed by atoms with Crippen molar-refractivity contribution >= 4 is 55.3 Å². The van der Waals surface area contributed by atoms with Crippen LogP contribution in [0.1, 0.15) is 5.56 Å². The molecule has 0 saturated carbocycles. The summed E-state index contributed by atoms with van der Waals surface area (Å²) in [4.78, 5) is 0. The monoisotopic (exact) mass is 434 g/mol. The lowest BCUT2D eigenvalue weighted by Crippen LogP contribution is -1.85. The van der Waals surface area contributed by atoms with Crippen molar-refractivity contribution in [2.75, 3.05) is 0 Å². The number of furan rings is 1. The predicted octanol–water partition coefficient (Wildman–Crippen LogP) is 7.32. The zero-order valence-electron chi connectivity index (χ0n) is 13.7. The minimum Gasteiger partial charge on any atom is -0.455 e. The average molecular weight is 434 g/mol. The van der Waals surface area contributed by atoms with Crippen molar-refractivity contribution in [2.45, 2.75) is 6.92 Å². The standard InChI is InChI=1S/C23H15IO/c1-14-6-7-15-8-9-16(13-17(15)12-14)18-10-11-20-19-4-2-3-5-21(19)25-23(20)22(18)24/h2-13H,1H3. The molecule has 2 heteroatoms. The number of para-hydroxylation sites is 1. The third-order valence-electron chi connectivity index (χ3n) is 4.79. The summed E-state index contributed by atoms with van der Waals surface area (Å²) < 4.78 is 7.31. The van der Waals surface area contributed by atoms with Crippen LogP contribution in [-0.4, -0.2) is 0 Å². The van der Waals surface area contributed by atoms with Crippen LogP contribution in [-0.2, 0) is 0 Å². The van der Waals surface area contributed by atoms with E-state index in [9.17, 15) is 0 Å². The third-order valence-corrected chi connectivity index (χ3v) is 5.86. The fraction of sp³-hybridized carbons (Fsp3) is 0.0435. The van der Waals surface area contributed by atoms with Gasteiger partial charge < -0.3 is 4.42 Å². The summed E-state index contributed by atoms with van der Waals surface area (Å²) in [5, 5.41) is 4.91. The number of benzene rings is 4. The normalized spacial score (nSPS) is 11.6. The van der Waals surface area contributed by atoms with E-state index in [1.807, 2.05) is 12.1 Å². The van der Waals surface area contributed by atoms with E-state index < -0.39 is 0 Å². The van der Waals surface area contributed by atoms with Crippen LogP contribution >= 0.6 is 22.6 Å². The lowest BCUT2D eigenvalue weighted by Gasteiger charge is -2.08. The molecule has 0 N–H and O–H groups in total. The largest absolute Gasteiger partial charge is 0.455 e. The van der Waals surface area contributed by atoms with Gasteiger partial charge in [-0.1, -0.05) is 60.2 Å². The van der Waals surface area contributed by atoms with Gasteiger partial charge >= 0.3 is 0 Å². The van der Waals surface area contributed by atoms with Gasteiger partial charge in [0, 0.05) is 10.8 Å². The van der Waals surface area contributed by atoms with Crippen LogP contribution in [0.4, 0.5) is 0 Å². The highest BCUT2D eigenvalue weighted by molar-refractivity contribution is 14.1. The van der Waals surface area contributed by atoms with Crippen LogP contribution in [0.15, 0.2) is 77.2 Å². The molecule has 5 rings (SSSR count). The number of aryl methyl sites for hydroxylation is 1. The molecule has 120 valence electrons. The molecule has 25 heavy (non-hydrogen) atoms. The van der Waals surface area contributed by atoms with E-state index in [-0.39, 0.29) is 0 Å². The van der Waals surface area contributed by atoms with Gasteiger partial charge in [0.05, 0.1) is 3.57 Å². The van der Waals surface area contributed by atoms with Gasteiger partial charge in [0.15, 0.2) is 0 Å². The summed E-state index contributed by atoms with van der Waals surface area (Å²) in [5.74, 6) is 0. The molecule has 0 atom stereocenters. The molecule has 0 radical (unpaired) electrons. The Morgan fingerprint density at radius 3 is 2.52 bits per heavy atom. The van der Waals surface area contributed by atoms with E-state index in [2.05, 4.69) is 90.2 Å². The third kappa shape index (κ3) is 2.35. The van der Waals surface area contributed by atoms with Crippen LogP contribution in [0.25, 0.3) is 43.8 Å². The van der Waals surface area contributed by atoms with Crippen LogP contribution < -0.4 is 0 Å². The van der Waals surface area contributed by atoms with Crippen molar-refractivity contribution in [2.24, 2.45) is 0 Å². The molecule has 1 nitrogen and oxygen atoms in total. The maximum atomic E-state index is 6.14. The van der Waals surface area contributed by atoms with Gasteiger partial charge in [-0.05, 0) is 69.6 Å². The minimum absolute atomic E-state index is 0.946. The van der Waals surface area contributed by atoms with E-state index in [0.717, 1.165) is 11.2 Å². The topological polar surface area (TPSA) is 13.1 Å². The zero-order valence-corrected chi connectivity index (χ0v) is 15.9. The van der Waals surface area contributed by atoms with Gasteiger partial charge in [0.25, 0.3) is 0 Å². The Kier molecular flexibility index (Phi) is 3.35. The average Bonchev–Trinajstić information content (AvgIpc) is 3.01. The van der Waals surface area contributed by atoms with Crippen molar-refractivity contribution in [1.29, 1.82) is 0 Å². The van der Waals surface area contributed by atoms with Crippen LogP contribution in [0.2, 0.25) is 0 Å². The molecule has 0 aliphatic heterocycles. The van der Waals surface area contributed by atoms with Gasteiger partial charge in [-0.15, -0.1) is 0 Å². The van der Waals surface area contributed by atoms with Crippen molar-refractivity contribution in [3.05, 3.63) is 81.9 Å². The zero-order chi connectivity index (χ0) is 17.0. The number of hydrogen-bond donors (Lipinski definition) is 0. The predicted molar refractivity (Wildman–Crippen MR) is 114 cm³/mol. The first-order chi connectivity index (χ1) is 12.2. The first-order valence-corrected chi connectivity index (χ1v) is 9.39. The van der Waals surface area contributed by atoms with Gasteiger partial charge in [-0.25, -0.2) is 0 Å². The van der Waals surface area contributed by atoms with Crippen LogP contribution in [0.3, 0.4) is 0 Å². The van der Waals surface area contributed by atoms with Crippen molar-refractivity contribution in [3.8, 4) is 11.1 Å². The van der Waals surface area contributed by atoms with E-state index in [0.29, 0.717) is 0 Å². The number of hydrogen-bond acceptors (Lipinski definition) is 1. The Balaban J connectivity index is 1.77. The second-order valence-corrected chi connectivity index (χ2v) is 7.55. The maximum Gasteiger partial charge on any atom is 0.149 e. The van der Waals surface area contributed by atoms with Crippen LogP contribution in [0.5, 0.6) is 0 Å². The molecule has 0 amide bonds. The van der Waals surface area contributed by atoms with Crippen LogP contribution in [0, 0.1) is 10.5 Å². The molecule has 0 saturated heterocycles. The molecule has 0 aliphatic carbocycles. The minimum atomic E-state index is 0.946. The summed E-state index contributed by atoms with van der Waals surface area (Å²) in [7, 11) is 0. The number of halogens is 1. The molecule has 1 aromatic heterocycles. The van der Waals surface area contributed by atoms with Crippen molar-refractivity contribution in [3.63, 3.8) is 0 Å². The van der Waals surface area contributed by atoms with Gasteiger partial charge in [0.1, 0.15) is 11.2 Å². The smallest absolute Gasteiger partial charge is 0.149 e. The maximum absolute atomic E-state index is 6.14. The fourth-order valence-electron chi connectivity index (χ4n) is 3.51. The van der Waals surface area contributed by atoms with Gasteiger partial charge in [-0.2, -0.15) is 0 Å². The van der Waals surface area contributed by atoms with Gasteiger partial charge in [0.2, 0.25) is 0 Å². The van der Waals surface area contributed by atoms with E-state index in [1.165, 1.54) is 41.8 Å². The number of rotatable bonds is 1. The first-order valence-electron chi connectivity index (χ1n) is 8.31. The van der Waals surface area contributed by atoms with E-state index in [1.54, 1.807) is 0 Å². The lowest BCUT2D eigenvalue weighted by atomic mass is 9.99. The Labute approximate surface area is 159 Å². The summed E-state index contributed by atoms with van der Waals surface area (Å²) >= 11 is 2.41. The summed E-state index contributed by atoms with van der Waals surface area (Å²) in [5.41, 5.74) is 5.65. The second kappa shape index (κ2) is 5.60.